The second-order valence-corrected chi connectivity index (χ2v) is 11.4. The van der Waals surface area contributed by atoms with Gasteiger partial charge in [0.25, 0.3) is 11.8 Å². The van der Waals surface area contributed by atoms with Crippen LogP contribution in [0, 0.1) is 5.92 Å². The molecule has 5 rings (SSSR count). The molecule has 0 unspecified atom stereocenters. The largest absolute Gasteiger partial charge is 0.349 e. The molecule has 3 aromatic rings. The highest BCUT2D eigenvalue weighted by Gasteiger charge is 2.37. The second kappa shape index (κ2) is 11.5. The minimum Gasteiger partial charge on any atom is -0.349 e. The van der Waals surface area contributed by atoms with Crippen molar-refractivity contribution in [1.29, 1.82) is 0 Å². The fourth-order valence-electron chi connectivity index (χ4n) is 4.97. The maximum absolute atomic E-state index is 13.2. The summed E-state index contributed by atoms with van der Waals surface area (Å²) in [6.07, 6.45) is 1.56. The molecular weight excluding hydrogens is 549 g/mol. The van der Waals surface area contributed by atoms with Gasteiger partial charge in [-0.3, -0.25) is 19.3 Å². The van der Waals surface area contributed by atoms with Crippen molar-refractivity contribution in [1.82, 2.24) is 35.6 Å². The first-order valence-corrected chi connectivity index (χ1v) is 13.3. The van der Waals surface area contributed by atoms with Crippen molar-refractivity contribution in [2.45, 2.75) is 44.4 Å². The maximum Gasteiger partial charge on any atom is 0.280 e. The topological polar surface area (TPSA) is 120 Å². The van der Waals surface area contributed by atoms with Gasteiger partial charge in [0, 0.05) is 54.4 Å². The van der Waals surface area contributed by atoms with Crippen molar-refractivity contribution in [2.24, 2.45) is 5.92 Å². The SMILES string of the molecule is CN1Cc2nc(C(=O)N[C@H]3C[C@@H](C(=O)N(C)C)CC[C@@H]3NC(=O)c3cc4ccc(Cl)cc4nn3)sc2C1.Cl. The van der Waals surface area contributed by atoms with Gasteiger partial charge in [-0.15, -0.1) is 33.9 Å². The van der Waals surface area contributed by atoms with E-state index in [0.717, 1.165) is 29.0 Å². The molecule has 3 amide bonds. The van der Waals surface area contributed by atoms with Crippen LogP contribution in [0.15, 0.2) is 24.3 Å². The Morgan fingerprint density at radius 1 is 1.05 bits per heavy atom. The van der Waals surface area contributed by atoms with Crippen molar-refractivity contribution >= 4 is 64.0 Å². The zero-order valence-corrected chi connectivity index (χ0v) is 23.6. The average molecular weight is 579 g/mol. The molecule has 0 spiro atoms. The van der Waals surface area contributed by atoms with Gasteiger partial charge in [-0.2, -0.15) is 0 Å². The Kier molecular flexibility index (Phi) is 8.51. The lowest BCUT2D eigenvalue weighted by Crippen LogP contribution is -2.56. The Labute approximate surface area is 235 Å². The van der Waals surface area contributed by atoms with Gasteiger partial charge in [0.15, 0.2) is 10.7 Å². The average Bonchev–Trinajstić information content (AvgIpc) is 3.41. The van der Waals surface area contributed by atoms with Crippen LogP contribution in [0.2, 0.25) is 5.02 Å². The second-order valence-electron chi connectivity index (χ2n) is 9.90. The number of halogens is 2. The molecule has 1 aromatic carbocycles. The monoisotopic (exact) mass is 577 g/mol. The van der Waals surface area contributed by atoms with Crippen LogP contribution in [0.25, 0.3) is 10.9 Å². The summed E-state index contributed by atoms with van der Waals surface area (Å²) in [5, 5.41) is 16.0. The summed E-state index contributed by atoms with van der Waals surface area (Å²) in [7, 11) is 5.47. The maximum atomic E-state index is 13.2. The molecule has 2 N–H and O–H groups in total. The molecule has 3 atom stereocenters. The summed E-state index contributed by atoms with van der Waals surface area (Å²) >= 11 is 7.41. The number of nitrogens with zero attached hydrogens (tertiary/aromatic N) is 5. The van der Waals surface area contributed by atoms with Crippen molar-refractivity contribution in [3.05, 3.63) is 50.6 Å². The Morgan fingerprint density at radius 2 is 1.82 bits per heavy atom. The van der Waals surface area contributed by atoms with Crippen LogP contribution in [0.5, 0.6) is 0 Å². The lowest BCUT2D eigenvalue weighted by molar-refractivity contribution is -0.134. The van der Waals surface area contributed by atoms with E-state index in [-0.39, 0.29) is 47.8 Å². The fraction of sp³-hybridized carbons (Fsp3) is 0.440. The zero-order valence-electron chi connectivity index (χ0n) is 21.2. The molecule has 1 saturated carbocycles. The van der Waals surface area contributed by atoms with Crippen LogP contribution in [0.4, 0.5) is 0 Å². The molecule has 3 heterocycles. The first kappa shape index (κ1) is 28.2. The molecule has 0 saturated heterocycles. The molecule has 38 heavy (non-hydrogen) atoms. The summed E-state index contributed by atoms with van der Waals surface area (Å²) in [6, 6.07) is 6.06. The highest BCUT2D eigenvalue weighted by atomic mass is 35.5. The summed E-state index contributed by atoms with van der Waals surface area (Å²) in [5.41, 5.74) is 1.70. The minimum absolute atomic E-state index is 0. The van der Waals surface area contributed by atoms with Gasteiger partial charge in [-0.05, 0) is 44.5 Å². The van der Waals surface area contributed by atoms with Gasteiger partial charge in [-0.25, -0.2) is 4.98 Å². The van der Waals surface area contributed by atoms with Gasteiger partial charge in [-0.1, -0.05) is 17.7 Å². The third-order valence-corrected chi connectivity index (χ3v) is 8.18. The van der Waals surface area contributed by atoms with E-state index in [1.165, 1.54) is 11.3 Å². The molecule has 202 valence electrons. The molecule has 0 radical (unpaired) electrons. The first-order valence-electron chi connectivity index (χ1n) is 12.1. The van der Waals surface area contributed by atoms with Crippen LogP contribution >= 0.6 is 35.3 Å². The van der Waals surface area contributed by atoms with E-state index in [9.17, 15) is 14.4 Å². The van der Waals surface area contributed by atoms with E-state index in [2.05, 4.69) is 30.7 Å². The third kappa shape index (κ3) is 5.90. The standard InChI is InChI=1S/C25H28ClN7O3S.ClH/c1-32(2)25(36)14-5-7-16(27-22(34)19-8-13-4-6-15(26)10-17(13)30-31-19)18(9-14)28-23(35)24-29-20-11-33(3)12-21(20)37-24;/h4,6,8,10,14,16,18H,5,7,9,11-12H2,1-3H3,(H,27,34)(H,28,35);1H/t14-,16-,18-;/m0./s1. The fourth-order valence-corrected chi connectivity index (χ4v) is 6.19. The third-order valence-electron chi connectivity index (χ3n) is 6.86. The molecule has 13 heteroatoms. The number of hydrogen-bond acceptors (Lipinski definition) is 8. The van der Waals surface area contributed by atoms with Crippen LogP contribution in [0.3, 0.4) is 0 Å². The normalized spacial score (nSPS) is 20.9. The van der Waals surface area contributed by atoms with Crippen molar-refractivity contribution in [3.63, 3.8) is 0 Å². The highest BCUT2D eigenvalue weighted by Crippen LogP contribution is 2.29. The molecule has 1 aliphatic heterocycles. The van der Waals surface area contributed by atoms with Gasteiger partial charge in [0.1, 0.15) is 0 Å². The van der Waals surface area contributed by atoms with E-state index in [0.29, 0.717) is 34.8 Å². The number of amides is 3. The van der Waals surface area contributed by atoms with Crippen molar-refractivity contribution in [3.8, 4) is 0 Å². The lowest BCUT2D eigenvalue weighted by atomic mass is 9.81. The van der Waals surface area contributed by atoms with E-state index < -0.39 is 6.04 Å². The minimum atomic E-state index is -0.437. The van der Waals surface area contributed by atoms with Gasteiger partial charge in [0.2, 0.25) is 5.91 Å². The van der Waals surface area contributed by atoms with Crippen LogP contribution in [-0.4, -0.2) is 75.9 Å². The smallest absolute Gasteiger partial charge is 0.280 e. The van der Waals surface area contributed by atoms with E-state index in [4.69, 9.17) is 11.6 Å². The number of carbonyl (C=O) groups excluding carboxylic acids is 3. The van der Waals surface area contributed by atoms with Crippen LogP contribution in [0.1, 0.15) is 50.1 Å². The number of carbonyl (C=O) groups is 3. The van der Waals surface area contributed by atoms with Gasteiger partial charge >= 0.3 is 0 Å². The quantitative estimate of drug-likeness (QED) is 0.478. The molecule has 0 bridgehead atoms. The number of nitrogens with one attached hydrogen (secondary N) is 2. The van der Waals surface area contributed by atoms with Crippen LogP contribution in [-0.2, 0) is 17.9 Å². The van der Waals surface area contributed by atoms with E-state index in [1.54, 1.807) is 43.3 Å². The molecule has 2 aromatic heterocycles. The number of benzene rings is 1. The predicted molar refractivity (Wildman–Crippen MR) is 148 cm³/mol. The Morgan fingerprint density at radius 3 is 2.55 bits per heavy atom. The molecule has 10 nitrogen and oxygen atoms in total. The van der Waals surface area contributed by atoms with E-state index in [1.807, 2.05) is 7.05 Å². The summed E-state index contributed by atoms with van der Waals surface area (Å²) in [4.78, 5) is 48.3. The molecule has 2 aliphatic rings. The molecule has 1 fully saturated rings. The summed E-state index contributed by atoms with van der Waals surface area (Å²) < 4.78 is 0. The number of thiazole rings is 1. The summed E-state index contributed by atoms with van der Waals surface area (Å²) in [6.45, 7) is 1.50. The Hall–Kier alpha value is -2.86. The highest BCUT2D eigenvalue weighted by molar-refractivity contribution is 7.13. The van der Waals surface area contributed by atoms with Gasteiger partial charge in [0.05, 0.1) is 17.3 Å². The molecular formula is C25H29Cl2N7O3S. The Bertz CT molecular complexity index is 1360. The number of rotatable bonds is 5. The number of fused-ring (bicyclic) bond motifs is 2. The van der Waals surface area contributed by atoms with Crippen molar-refractivity contribution < 1.29 is 14.4 Å². The zero-order chi connectivity index (χ0) is 26.3. The van der Waals surface area contributed by atoms with E-state index >= 15 is 0 Å². The number of aromatic nitrogens is 3. The predicted octanol–water partition coefficient (Wildman–Crippen LogP) is 2.89. The van der Waals surface area contributed by atoms with Gasteiger partial charge < -0.3 is 15.5 Å². The summed E-state index contributed by atoms with van der Waals surface area (Å²) in [5.74, 6) is -0.901. The van der Waals surface area contributed by atoms with Crippen LogP contribution < -0.4 is 10.6 Å². The van der Waals surface area contributed by atoms with Crippen molar-refractivity contribution in [2.75, 3.05) is 21.1 Å². The Balaban J connectivity index is 0.00000336. The molecule has 1 aliphatic carbocycles. The first-order chi connectivity index (χ1) is 17.7. The number of hydrogen-bond donors (Lipinski definition) is 2. The lowest BCUT2D eigenvalue weighted by Gasteiger charge is -2.37.